The highest BCUT2D eigenvalue weighted by molar-refractivity contribution is 4.93. The first-order valence-corrected chi connectivity index (χ1v) is 5.74. The van der Waals surface area contributed by atoms with Crippen molar-refractivity contribution in [1.82, 2.24) is 0 Å². The Morgan fingerprint density at radius 3 is 1.22 bits per heavy atom. The van der Waals surface area contributed by atoms with Crippen LogP contribution in [0, 0.1) is 0 Å². The van der Waals surface area contributed by atoms with E-state index < -0.39 is 55.5 Å². The van der Waals surface area contributed by atoms with Crippen molar-refractivity contribution in [2.24, 2.45) is 0 Å². The van der Waals surface area contributed by atoms with Crippen LogP contribution in [0.4, 0.5) is 65.9 Å². The van der Waals surface area contributed by atoms with E-state index in [-0.39, 0.29) is 0 Å². The number of alkyl halides is 15. The lowest BCUT2D eigenvalue weighted by molar-refractivity contribution is -0.546. The molecule has 3 nitrogen and oxygen atoms in total. The maximum atomic E-state index is 13.5. The van der Waals surface area contributed by atoms with Gasteiger partial charge in [-0.1, -0.05) is 0 Å². The van der Waals surface area contributed by atoms with Crippen molar-refractivity contribution in [3.8, 4) is 0 Å². The van der Waals surface area contributed by atoms with Gasteiger partial charge < -0.3 is 5.11 Å². The number of halogens is 15. The summed E-state index contributed by atoms with van der Waals surface area (Å²) in [6.07, 6.45) is -28.8. The second-order valence-electron chi connectivity index (χ2n) is 4.58. The second-order valence-corrected chi connectivity index (χ2v) is 4.58. The molecule has 3 atom stereocenters. The minimum absolute atomic E-state index is 1.69. The van der Waals surface area contributed by atoms with Crippen LogP contribution >= 0.6 is 0 Å². The van der Waals surface area contributed by atoms with Crippen molar-refractivity contribution < 1.29 is 80.4 Å². The molecule has 0 aliphatic heterocycles. The molecule has 1 N–H and O–H groups in total. The molecule has 0 radical (unpaired) electrons. The number of hydrogen-bond acceptors (Lipinski definition) is 3. The molecule has 0 bridgehead atoms. The minimum atomic E-state index is -7.55. The zero-order valence-corrected chi connectivity index (χ0v) is 11.8. The van der Waals surface area contributed by atoms with E-state index in [9.17, 15) is 65.9 Å². The molecular formula is C9H5F15O3. The standard InChI is InChI=1S/C9H5F15O3/c10-1-3(12,25)8(21,22)27-5(14,7(18,19)20)9(23,24)26-4(13,2-11)6(15,16)17/h25H,1-2H2. The lowest BCUT2D eigenvalue weighted by Gasteiger charge is -2.39. The Kier molecular flexibility index (Phi) is 6.71. The molecule has 0 amide bonds. The van der Waals surface area contributed by atoms with Gasteiger partial charge in [-0.2, -0.15) is 57.1 Å². The predicted octanol–water partition coefficient (Wildman–Crippen LogP) is 4.26. The molecule has 0 aliphatic rings. The first-order chi connectivity index (χ1) is 11.5. The number of hydrogen-bond donors (Lipinski definition) is 1. The number of rotatable bonds is 8. The Morgan fingerprint density at radius 2 is 0.963 bits per heavy atom. The fourth-order valence-electron chi connectivity index (χ4n) is 1.04. The summed E-state index contributed by atoms with van der Waals surface area (Å²) in [6, 6.07) is 0. The van der Waals surface area contributed by atoms with Crippen LogP contribution < -0.4 is 0 Å². The summed E-state index contributed by atoms with van der Waals surface area (Å²) in [5, 5.41) is 8.10. The highest BCUT2D eigenvalue weighted by Crippen LogP contribution is 2.53. The molecular weight excluding hydrogens is 441 g/mol. The largest absolute Gasteiger partial charge is 0.458 e. The third-order valence-corrected chi connectivity index (χ3v) is 2.52. The van der Waals surface area contributed by atoms with Crippen molar-refractivity contribution in [1.29, 1.82) is 0 Å². The Hall–Kier alpha value is -1.17. The van der Waals surface area contributed by atoms with Crippen molar-refractivity contribution >= 4 is 0 Å². The second kappa shape index (κ2) is 7.02. The Labute approximate surface area is 137 Å². The number of ether oxygens (including phenoxy) is 2. The molecule has 0 heterocycles. The van der Waals surface area contributed by atoms with Crippen LogP contribution in [-0.2, 0) is 9.47 Å². The fraction of sp³-hybridized carbons (Fsp3) is 1.00. The van der Waals surface area contributed by atoms with Gasteiger partial charge in [0.15, 0.2) is 13.3 Å². The molecule has 0 aromatic rings. The van der Waals surface area contributed by atoms with Gasteiger partial charge in [0.2, 0.25) is 0 Å². The molecule has 3 unspecified atom stereocenters. The number of aliphatic hydroxyl groups is 1. The van der Waals surface area contributed by atoms with E-state index in [1.54, 1.807) is 9.47 Å². The zero-order chi connectivity index (χ0) is 22.3. The van der Waals surface area contributed by atoms with E-state index in [0.29, 0.717) is 0 Å². The Bertz CT molecular complexity index is 514. The van der Waals surface area contributed by atoms with Crippen molar-refractivity contribution in [3.05, 3.63) is 0 Å². The third kappa shape index (κ3) is 4.64. The van der Waals surface area contributed by atoms with Gasteiger partial charge in [-0.05, 0) is 0 Å². The van der Waals surface area contributed by atoms with Gasteiger partial charge in [-0.15, -0.1) is 0 Å². The molecule has 164 valence electrons. The summed E-state index contributed by atoms with van der Waals surface area (Å²) >= 11 is 0. The van der Waals surface area contributed by atoms with Crippen molar-refractivity contribution in [2.45, 2.75) is 42.1 Å². The fourth-order valence-corrected chi connectivity index (χ4v) is 1.04. The molecule has 0 spiro atoms. The molecule has 0 saturated carbocycles. The summed E-state index contributed by atoms with van der Waals surface area (Å²) in [7, 11) is 0. The zero-order valence-electron chi connectivity index (χ0n) is 11.8. The summed E-state index contributed by atoms with van der Waals surface area (Å²) in [4.78, 5) is 0. The van der Waals surface area contributed by atoms with Gasteiger partial charge in [-0.3, -0.25) is 9.47 Å². The van der Waals surface area contributed by atoms with E-state index >= 15 is 0 Å². The maximum absolute atomic E-state index is 13.5. The molecule has 27 heavy (non-hydrogen) atoms. The molecule has 0 aromatic heterocycles. The molecule has 0 saturated heterocycles. The van der Waals surface area contributed by atoms with Crippen LogP contribution in [0.1, 0.15) is 0 Å². The highest BCUT2D eigenvalue weighted by Gasteiger charge is 2.82. The summed E-state index contributed by atoms with van der Waals surface area (Å²) < 4.78 is 192. The predicted molar refractivity (Wildman–Crippen MR) is 49.9 cm³/mol. The van der Waals surface area contributed by atoms with E-state index in [2.05, 4.69) is 0 Å². The Balaban J connectivity index is 6.30. The molecule has 18 heteroatoms. The molecule has 0 aromatic carbocycles. The lowest BCUT2D eigenvalue weighted by Crippen LogP contribution is -2.66. The summed E-state index contributed by atoms with van der Waals surface area (Å²) in [6.45, 7) is -7.10. The van der Waals surface area contributed by atoms with E-state index in [4.69, 9.17) is 5.11 Å². The molecule has 0 fully saturated rings. The Morgan fingerprint density at radius 1 is 0.556 bits per heavy atom. The normalized spacial score (nSPS) is 21.3. The van der Waals surface area contributed by atoms with E-state index in [0.717, 1.165) is 0 Å². The van der Waals surface area contributed by atoms with Crippen molar-refractivity contribution in [3.63, 3.8) is 0 Å². The van der Waals surface area contributed by atoms with Crippen LogP contribution in [-0.4, -0.2) is 60.6 Å². The topological polar surface area (TPSA) is 38.7 Å². The van der Waals surface area contributed by atoms with Gasteiger partial charge >= 0.3 is 42.1 Å². The molecule has 0 rings (SSSR count). The average Bonchev–Trinajstić information content (AvgIpc) is 2.43. The first kappa shape index (κ1) is 25.8. The van der Waals surface area contributed by atoms with Crippen LogP contribution in [0.15, 0.2) is 0 Å². The quantitative estimate of drug-likeness (QED) is 0.567. The maximum Gasteiger partial charge on any atom is 0.458 e. The molecule has 0 aliphatic carbocycles. The highest BCUT2D eigenvalue weighted by atomic mass is 19.4. The van der Waals surface area contributed by atoms with Gasteiger partial charge in [0.25, 0.3) is 0 Å². The monoisotopic (exact) mass is 446 g/mol. The third-order valence-electron chi connectivity index (χ3n) is 2.52. The van der Waals surface area contributed by atoms with Gasteiger partial charge in [0.05, 0.1) is 0 Å². The lowest BCUT2D eigenvalue weighted by atomic mass is 10.2. The average molecular weight is 446 g/mol. The van der Waals surface area contributed by atoms with E-state index in [1.165, 1.54) is 0 Å². The minimum Gasteiger partial charge on any atom is -0.353 e. The van der Waals surface area contributed by atoms with E-state index in [1.807, 2.05) is 0 Å². The van der Waals surface area contributed by atoms with Crippen LogP contribution in [0.25, 0.3) is 0 Å². The van der Waals surface area contributed by atoms with Gasteiger partial charge in [-0.25, -0.2) is 8.78 Å². The van der Waals surface area contributed by atoms with Gasteiger partial charge in [0, 0.05) is 0 Å². The van der Waals surface area contributed by atoms with Crippen LogP contribution in [0.5, 0.6) is 0 Å². The van der Waals surface area contributed by atoms with Crippen LogP contribution in [0.2, 0.25) is 0 Å². The summed E-state index contributed by atoms with van der Waals surface area (Å²) in [5.74, 6) is -19.8. The van der Waals surface area contributed by atoms with Gasteiger partial charge in [0.1, 0.15) is 0 Å². The summed E-state index contributed by atoms with van der Waals surface area (Å²) in [5.41, 5.74) is 0. The SMILES string of the molecule is OC(F)(CF)C(F)(F)OC(F)(C(F)(F)F)C(F)(F)OC(F)(CF)C(F)(F)F. The van der Waals surface area contributed by atoms with Crippen LogP contribution in [0.3, 0.4) is 0 Å². The first-order valence-electron chi connectivity index (χ1n) is 5.74. The van der Waals surface area contributed by atoms with Crippen molar-refractivity contribution in [2.75, 3.05) is 13.3 Å². The smallest absolute Gasteiger partial charge is 0.353 e.